The summed E-state index contributed by atoms with van der Waals surface area (Å²) in [7, 11) is 0. The molecule has 7 rings (SSSR count). The number of rotatable bonds is 2. The molecular weight excluding hydrogens is 362 g/mol. The maximum absolute atomic E-state index is 13.4. The van der Waals surface area contributed by atoms with Gasteiger partial charge in [0.05, 0.1) is 17.8 Å². The molecule has 29 heavy (non-hydrogen) atoms. The Labute approximate surface area is 167 Å². The summed E-state index contributed by atoms with van der Waals surface area (Å²) < 4.78 is 4.67. The van der Waals surface area contributed by atoms with E-state index in [1.54, 1.807) is 21.5 Å². The van der Waals surface area contributed by atoms with Crippen LogP contribution >= 0.6 is 0 Å². The number of benzene rings is 2. The Morgan fingerprint density at radius 1 is 0.828 bits per heavy atom. The number of hydrogen-bond acceptors (Lipinski definition) is 2. The van der Waals surface area contributed by atoms with Gasteiger partial charge in [-0.1, -0.05) is 73.2 Å². The Balaban J connectivity index is 1.59. The smallest absolute Gasteiger partial charge is 0.245 e. The van der Waals surface area contributed by atoms with Crippen LogP contribution in [0.5, 0.6) is 0 Å². The Hall–Kier alpha value is -3.34. The second kappa shape index (κ2) is 5.38. The zero-order chi connectivity index (χ0) is 19.9. The van der Waals surface area contributed by atoms with Crippen LogP contribution in [0.2, 0.25) is 0 Å². The van der Waals surface area contributed by atoms with Crippen molar-refractivity contribution < 1.29 is 0 Å². The summed E-state index contributed by atoms with van der Waals surface area (Å²) >= 11 is 0. The van der Waals surface area contributed by atoms with Crippen LogP contribution in [0.25, 0.3) is 11.3 Å². The lowest BCUT2D eigenvalue weighted by Gasteiger charge is -2.61. The molecule has 2 aliphatic heterocycles. The third-order valence-corrected chi connectivity index (χ3v) is 7.27. The highest BCUT2D eigenvalue weighted by Crippen LogP contribution is 2.68. The second-order valence-corrected chi connectivity index (χ2v) is 8.41. The van der Waals surface area contributed by atoms with E-state index in [0.29, 0.717) is 5.69 Å². The predicted molar refractivity (Wildman–Crippen MR) is 112 cm³/mol. The van der Waals surface area contributed by atoms with Crippen LogP contribution in [0.15, 0.2) is 88.0 Å². The molecule has 144 valence electrons. The minimum Gasteiger partial charge on any atom is -0.245 e. The van der Waals surface area contributed by atoms with Crippen molar-refractivity contribution in [3.63, 3.8) is 0 Å². The van der Waals surface area contributed by atoms with Crippen molar-refractivity contribution in [1.29, 1.82) is 0 Å². The van der Waals surface area contributed by atoms with Gasteiger partial charge in [-0.3, -0.25) is 0 Å². The van der Waals surface area contributed by atoms with Gasteiger partial charge in [0.25, 0.3) is 0 Å². The molecule has 3 aromatic rings. The molecule has 0 amide bonds. The average molecular weight is 383 g/mol. The maximum Gasteiger partial charge on any atom is 0.352 e. The molecule has 5 nitrogen and oxygen atoms in total. The number of para-hydroxylation sites is 1. The molecule has 0 saturated heterocycles. The highest BCUT2D eigenvalue weighted by molar-refractivity contribution is 5.80. The maximum atomic E-state index is 13.4. The molecule has 0 spiro atoms. The summed E-state index contributed by atoms with van der Waals surface area (Å²) in [5.41, 5.74) is 3.75. The van der Waals surface area contributed by atoms with Crippen LogP contribution in [0.1, 0.15) is 31.5 Å². The van der Waals surface area contributed by atoms with Crippen LogP contribution < -0.4 is 11.4 Å². The number of nitrogens with zero attached hydrogens (tertiary/aromatic N) is 3. The highest BCUT2D eigenvalue weighted by atomic mass is 16.2. The van der Waals surface area contributed by atoms with Crippen LogP contribution in [0.3, 0.4) is 0 Å². The van der Waals surface area contributed by atoms with E-state index in [2.05, 4.69) is 50.3 Å². The van der Waals surface area contributed by atoms with Crippen molar-refractivity contribution >= 4 is 5.57 Å². The first-order valence-electron chi connectivity index (χ1n) is 10.0. The summed E-state index contributed by atoms with van der Waals surface area (Å²) in [5, 5.41) is 0. The molecule has 0 unspecified atom stereocenters. The molecule has 4 atom stereocenters. The Morgan fingerprint density at radius 2 is 1.45 bits per heavy atom. The topological polar surface area (TPSA) is 48.9 Å². The predicted octanol–water partition coefficient (Wildman–Crippen LogP) is 3.58. The van der Waals surface area contributed by atoms with E-state index in [1.165, 1.54) is 21.3 Å². The lowest BCUT2D eigenvalue weighted by atomic mass is 9.48. The van der Waals surface area contributed by atoms with Gasteiger partial charge in [0.2, 0.25) is 0 Å². The first-order chi connectivity index (χ1) is 14.0. The average Bonchev–Trinajstić information content (AvgIpc) is 3.03. The standard InChI is InChI=1S/C24H21N3O2/c1-15-20(16-9-5-3-6-10-16)21-18-13-14-19(24(15,21)2)27-23(29)25(22(28)26(18)27)17-11-7-4-8-12-17/h3-14,18-19,21H,1-2H3/t18-,19-,21+,24-/m1/s1. The quantitative estimate of drug-likeness (QED) is 0.635. The molecule has 3 heterocycles. The molecule has 2 aliphatic carbocycles. The Bertz CT molecular complexity index is 1320. The van der Waals surface area contributed by atoms with Crippen molar-refractivity contribution in [2.75, 3.05) is 0 Å². The number of aromatic nitrogens is 3. The van der Waals surface area contributed by atoms with Crippen molar-refractivity contribution in [2.24, 2.45) is 11.3 Å². The van der Waals surface area contributed by atoms with Crippen molar-refractivity contribution in [3.8, 4) is 5.69 Å². The monoisotopic (exact) mass is 383 g/mol. The fourth-order valence-electron chi connectivity index (χ4n) is 5.81. The van der Waals surface area contributed by atoms with E-state index in [1.807, 2.05) is 24.3 Å². The summed E-state index contributed by atoms with van der Waals surface area (Å²) in [6.07, 6.45) is 4.23. The van der Waals surface area contributed by atoms with Crippen molar-refractivity contribution in [2.45, 2.75) is 25.9 Å². The zero-order valence-electron chi connectivity index (χ0n) is 16.3. The van der Waals surface area contributed by atoms with Gasteiger partial charge in [0, 0.05) is 11.3 Å². The molecule has 2 bridgehead atoms. The van der Waals surface area contributed by atoms with E-state index < -0.39 is 0 Å². The molecule has 5 heteroatoms. The minimum absolute atomic E-state index is 0.157. The SMILES string of the molecule is CC1=C(c2ccccc2)[C@@H]2[C@H]3C=C[C@@H](n4c(=O)n(-c5ccccc5)c(=O)n43)[C@@]12C. The fraction of sp³-hybridized carbons (Fsp3) is 0.250. The third kappa shape index (κ3) is 1.81. The van der Waals surface area contributed by atoms with Gasteiger partial charge in [0.15, 0.2) is 0 Å². The first kappa shape index (κ1) is 16.6. The molecule has 2 aromatic carbocycles. The van der Waals surface area contributed by atoms with Crippen LogP contribution in [0.4, 0.5) is 0 Å². The van der Waals surface area contributed by atoms with E-state index in [-0.39, 0.29) is 34.8 Å². The largest absolute Gasteiger partial charge is 0.352 e. The van der Waals surface area contributed by atoms with Gasteiger partial charge in [0.1, 0.15) is 0 Å². The van der Waals surface area contributed by atoms with Crippen LogP contribution in [0, 0.1) is 11.3 Å². The third-order valence-electron chi connectivity index (χ3n) is 7.27. The van der Waals surface area contributed by atoms with E-state index in [4.69, 9.17) is 0 Å². The lowest BCUT2D eigenvalue weighted by molar-refractivity contribution is 0.0516. The summed E-state index contributed by atoms with van der Waals surface area (Å²) in [5.74, 6) is 0.184. The molecule has 4 aliphatic rings. The van der Waals surface area contributed by atoms with Gasteiger partial charge < -0.3 is 0 Å². The molecule has 0 radical (unpaired) electrons. The number of hydrogen-bond donors (Lipinski definition) is 0. The van der Waals surface area contributed by atoms with Gasteiger partial charge in [-0.05, 0) is 30.2 Å². The van der Waals surface area contributed by atoms with Gasteiger partial charge in [-0.2, -0.15) is 0 Å². The number of allylic oxidation sites excluding steroid dienone is 4. The van der Waals surface area contributed by atoms with Gasteiger partial charge in [-0.25, -0.2) is 23.5 Å². The normalized spacial score (nSPS) is 28.8. The fourth-order valence-corrected chi connectivity index (χ4v) is 5.81. The van der Waals surface area contributed by atoms with Crippen molar-refractivity contribution in [1.82, 2.24) is 13.9 Å². The molecule has 0 fully saturated rings. The molecular formula is C24H21N3O2. The zero-order valence-corrected chi connectivity index (χ0v) is 16.3. The summed E-state index contributed by atoms with van der Waals surface area (Å²) in [6, 6.07) is 19.3. The Morgan fingerprint density at radius 3 is 2.14 bits per heavy atom. The molecule has 1 aromatic heterocycles. The summed E-state index contributed by atoms with van der Waals surface area (Å²) in [6.45, 7) is 4.41. The second-order valence-electron chi connectivity index (χ2n) is 8.41. The lowest BCUT2D eigenvalue weighted by Crippen LogP contribution is -2.59. The van der Waals surface area contributed by atoms with E-state index in [9.17, 15) is 9.59 Å². The molecule has 0 N–H and O–H groups in total. The van der Waals surface area contributed by atoms with E-state index >= 15 is 0 Å². The van der Waals surface area contributed by atoms with Gasteiger partial charge in [-0.15, -0.1) is 0 Å². The van der Waals surface area contributed by atoms with Crippen LogP contribution in [-0.4, -0.2) is 13.9 Å². The first-order valence-corrected chi connectivity index (χ1v) is 10.0. The summed E-state index contributed by atoms with van der Waals surface area (Å²) in [4.78, 5) is 26.7. The minimum atomic E-state index is -0.264. The highest BCUT2D eigenvalue weighted by Gasteiger charge is 2.62. The van der Waals surface area contributed by atoms with Gasteiger partial charge >= 0.3 is 11.4 Å². The van der Waals surface area contributed by atoms with E-state index in [0.717, 1.165) is 0 Å². The Kier molecular flexibility index (Phi) is 3.08. The molecule has 0 saturated carbocycles. The van der Waals surface area contributed by atoms with Crippen molar-refractivity contribution in [3.05, 3.63) is 105 Å². The van der Waals surface area contributed by atoms with Crippen LogP contribution in [-0.2, 0) is 0 Å².